The number of amides is 4. The van der Waals surface area contributed by atoms with E-state index in [1.807, 2.05) is 11.8 Å². The van der Waals surface area contributed by atoms with Gasteiger partial charge in [0, 0.05) is 43.5 Å². The average molecular weight is 749 g/mol. The summed E-state index contributed by atoms with van der Waals surface area (Å²) in [5, 5.41) is 22.6. The number of fused-ring (bicyclic) bond motifs is 1. The Morgan fingerprint density at radius 1 is 1.08 bits per heavy atom. The summed E-state index contributed by atoms with van der Waals surface area (Å²) < 4.78 is 18.1. The molecule has 0 saturated carbocycles. The zero-order chi connectivity index (χ0) is 37.8. The van der Waals surface area contributed by atoms with Gasteiger partial charge in [-0.3, -0.25) is 9.59 Å². The van der Waals surface area contributed by atoms with Crippen molar-refractivity contribution in [2.75, 3.05) is 26.0 Å². The third-order valence-corrected chi connectivity index (χ3v) is 13.0. The highest BCUT2D eigenvalue weighted by Crippen LogP contribution is 2.47. The lowest BCUT2D eigenvalue weighted by atomic mass is 9.85. The molecular weight excluding hydrogens is 681 g/mol. The van der Waals surface area contributed by atoms with Crippen molar-refractivity contribution in [2.45, 2.75) is 166 Å². The first-order valence-corrected chi connectivity index (χ1v) is 21.0. The first-order chi connectivity index (χ1) is 24.8. The highest BCUT2D eigenvalue weighted by molar-refractivity contribution is 8.00. The second-order valence-electron chi connectivity index (χ2n) is 16.2. The Bertz CT molecular complexity index is 1230. The lowest BCUT2D eigenvalue weighted by molar-refractivity contribution is -0.128. The van der Waals surface area contributed by atoms with Crippen LogP contribution in [0.15, 0.2) is 23.8 Å². The molecule has 4 fully saturated rings. The summed E-state index contributed by atoms with van der Waals surface area (Å²) in [4.78, 5) is 36.5. The van der Waals surface area contributed by atoms with E-state index in [9.17, 15) is 19.5 Å². The van der Waals surface area contributed by atoms with E-state index in [-0.39, 0.29) is 65.9 Å². The summed E-state index contributed by atoms with van der Waals surface area (Å²) in [5.74, 6) is 1.93. The lowest BCUT2D eigenvalue weighted by Crippen LogP contribution is -2.38. The topological polar surface area (TPSA) is 151 Å². The summed E-state index contributed by atoms with van der Waals surface area (Å²) in [6, 6.07) is 0.419. The van der Waals surface area contributed by atoms with Gasteiger partial charge in [-0.05, 0) is 89.5 Å². The van der Waals surface area contributed by atoms with Crippen LogP contribution >= 0.6 is 11.8 Å². The molecule has 11 nitrogen and oxygen atoms in total. The molecule has 4 aliphatic rings. The second kappa shape index (κ2) is 20.5. The van der Waals surface area contributed by atoms with Crippen LogP contribution in [0, 0.1) is 17.8 Å². The molecule has 4 saturated heterocycles. The highest BCUT2D eigenvalue weighted by Gasteiger charge is 2.57. The van der Waals surface area contributed by atoms with E-state index in [4.69, 9.17) is 14.2 Å². The fourth-order valence-corrected chi connectivity index (χ4v) is 10.1. The van der Waals surface area contributed by atoms with Crippen LogP contribution in [-0.2, 0) is 23.8 Å². The van der Waals surface area contributed by atoms with Gasteiger partial charge < -0.3 is 40.6 Å². The van der Waals surface area contributed by atoms with Crippen molar-refractivity contribution in [1.29, 1.82) is 0 Å². The van der Waals surface area contributed by atoms with Crippen molar-refractivity contribution in [3.05, 3.63) is 23.8 Å². The van der Waals surface area contributed by atoms with E-state index < -0.39 is 6.10 Å². The molecule has 296 valence electrons. The molecule has 4 rings (SSSR count). The average Bonchev–Trinajstić information content (AvgIpc) is 3.39. The standard InChI is InChI=1S/C40H68N4O7S/c1-25(23-40(6)38(51-40)28(4)37(49-7)29(5)45)14-13-15-26(2)36-27(3)18-19-30(50-36)22-34(47)42-21-12-8-11-20-41-33(46)17-10-9-16-32-35-31(24-52-32)43-39(48)44-35/h13-15,25,27-32,35-38,45H,8-12,16-24H2,1-7H3,(H,41,46)(H,42,47)(H2,43,44,48)/b14-13+,26-15+/t25?,27-,28?,29?,30+,31-,32-,35-,36+,37?,38+,40+/m0/s1. The molecule has 52 heavy (non-hydrogen) atoms. The number of thioether (sulfide) groups is 1. The van der Waals surface area contributed by atoms with Crippen LogP contribution in [0.4, 0.5) is 4.79 Å². The minimum Gasteiger partial charge on any atom is -0.391 e. The molecule has 4 heterocycles. The largest absolute Gasteiger partial charge is 0.391 e. The normalized spacial score (nSPS) is 32.4. The van der Waals surface area contributed by atoms with E-state index in [1.165, 1.54) is 5.57 Å². The van der Waals surface area contributed by atoms with E-state index >= 15 is 0 Å². The molecular formula is C40H68N4O7S. The van der Waals surface area contributed by atoms with Crippen LogP contribution in [0.3, 0.4) is 0 Å². The van der Waals surface area contributed by atoms with Gasteiger partial charge in [0.2, 0.25) is 11.8 Å². The summed E-state index contributed by atoms with van der Waals surface area (Å²) in [6.45, 7) is 13.8. The van der Waals surface area contributed by atoms with Gasteiger partial charge in [-0.25, -0.2) is 4.79 Å². The molecule has 0 aromatic heterocycles. The summed E-state index contributed by atoms with van der Waals surface area (Å²) in [7, 11) is 1.64. The lowest BCUT2D eigenvalue weighted by Gasteiger charge is -2.35. The minimum atomic E-state index is -0.541. The number of methoxy groups -OCH3 is 1. The van der Waals surface area contributed by atoms with Crippen molar-refractivity contribution < 1.29 is 33.7 Å². The number of epoxide rings is 1. The fourth-order valence-electron chi connectivity index (χ4n) is 8.55. The van der Waals surface area contributed by atoms with Gasteiger partial charge in [-0.2, -0.15) is 11.8 Å². The van der Waals surface area contributed by atoms with Gasteiger partial charge in [0.25, 0.3) is 0 Å². The Kier molecular flexibility index (Phi) is 16.8. The molecule has 0 aliphatic carbocycles. The number of hydrogen-bond donors (Lipinski definition) is 5. The Labute approximate surface area is 317 Å². The van der Waals surface area contributed by atoms with Crippen molar-refractivity contribution in [2.24, 2.45) is 17.8 Å². The molecule has 12 atom stereocenters. The molecule has 4 amide bonds. The molecule has 0 spiro atoms. The zero-order valence-corrected chi connectivity index (χ0v) is 33.6. The molecule has 0 aromatic rings. The van der Waals surface area contributed by atoms with E-state index in [2.05, 4.69) is 74.1 Å². The van der Waals surface area contributed by atoms with E-state index in [0.29, 0.717) is 43.0 Å². The number of rotatable bonds is 22. The van der Waals surface area contributed by atoms with Crippen LogP contribution in [0.1, 0.15) is 112 Å². The van der Waals surface area contributed by atoms with Gasteiger partial charge >= 0.3 is 6.03 Å². The van der Waals surface area contributed by atoms with Gasteiger partial charge in [0.05, 0.1) is 54.6 Å². The quantitative estimate of drug-likeness (QED) is 0.0428. The van der Waals surface area contributed by atoms with Crippen molar-refractivity contribution in [1.82, 2.24) is 21.3 Å². The summed E-state index contributed by atoms with van der Waals surface area (Å²) >= 11 is 1.91. The molecule has 0 bridgehead atoms. The molecule has 0 aromatic carbocycles. The van der Waals surface area contributed by atoms with Gasteiger partial charge in [-0.15, -0.1) is 0 Å². The van der Waals surface area contributed by atoms with E-state index in [0.717, 1.165) is 63.5 Å². The minimum absolute atomic E-state index is 0.00420. The molecule has 4 aliphatic heterocycles. The number of ether oxygens (including phenoxy) is 3. The first kappa shape index (κ1) is 42.6. The maximum atomic E-state index is 12.7. The Morgan fingerprint density at radius 2 is 1.81 bits per heavy atom. The summed E-state index contributed by atoms with van der Waals surface area (Å²) in [6.07, 6.45) is 15.0. The number of carbonyl (C=O) groups is 3. The van der Waals surface area contributed by atoms with Crippen LogP contribution in [0.25, 0.3) is 0 Å². The Hall–Kier alpha value is -2.12. The zero-order valence-electron chi connectivity index (χ0n) is 32.8. The fraction of sp³-hybridized carbons (Fsp3) is 0.825. The SMILES string of the molecule is COC(C(C)O)C(C)[C@H]1O[C@]1(C)CC(C)/C=C/C=C(\C)[C@H]1O[C@@H](CC(=O)NCCCCCNC(=O)CCCC[C@@H]2SC[C@@H]3NC(=O)N[C@@H]32)CC[C@@H]1C. The smallest absolute Gasteiger partial charge is 0.315 e. The maximum absolute atomic E-state index is 12.7. The van der Waals surface area contributed by atoms with Gasteiger partial charge in [0.15, 0.2) is 0 Å². The first-order valence-electron chi connectivity index (χ1n) is 19.9. The number of nitrogens with one attached hydrogen (secondary N) is 4. The number of urea groups is 1. The number of unbranched alkanes of at least 4 members (excludes halogenated alkanes) is 3. The number of aliphatic hydroxyl groups excluding tert-OH is 1. The molecule has 4 unspecified atom stereocenters. The molecule has 5 N–H and O–H groups in total. The summed E-state index contributed by atoms with van der Waals surface area (Å²) in [5.41, 5.74) is 0.962. The second-order valence-corrected chi connectivity index (χ2v) is 17.5. The molecule has 0 radical (unpaired) electrons. The monoisotopic (exact) mass is 748 g/mol. The number of aliphatic hydroxyl groups is 1. The van der Waals surface area contributed by atoms with Gasteiger partial charge in [0.1, 0.15) is 0 Å². The number of carbonyl (C=O) groups excluding carboxylic acids is 3. The van der Waals surface area contributed by atoms with E-state index in [1.54, 1.807) is 14.0 Å². The number of hydrogen-bond acceptors (Lipinski definition) is 8. The predicted octanol–water partition coefficient (Wildman–Crippen LogP) is 5.41. The van der Waals surface area contributed by atoms with Crippen LogP contribution in [-0.4, -0.2) is 102 Å². The maximum Gasteiger partial charge on any atom is 0.315 e. The Balaban J connectivity index is 1.03. The highest BCUT2D eigenvalue weighted by atomic mass is 32.2. The Morgan fingerprint density at radius 3 is 2.52 bits per heavy atom. The van der Waals surface area contributed by atoms with Crippen molar-refractivity contribution in [3.8, 4) is 0 Å². The number of allylic oxidation sites excluding steroid dienone is 3. The predicted molar refractivity (Wildman–Crippen MR) is 207 cm³/mol. The third kappa shape index (κ3) is 12.7. The molecule has 12 heteroatoms. The van der Waals surface area contributed by atoms with Crippen LogP contribution in [0.5, 0.6) is 0 Å². The van der Waals surface area contributed by atoms with Crippen LogP contribution in [0.2, 0.25) is 0 Å². The van der Waals surface area contributed by atoms with Crippen molar-refractivity contribution in [3.63, 3.8) is 0 Å². The van der Waals surface area contributed by atoms with Crippen molar-refractivity contribution >= 4 is 29.6 Å². The third-order valence-electron chi connectivity index (χ3n) is 11.5. The van der Waals surface area contributed by atoms with Gasteiger partial charge in [-0.1, -0.05) is 45.4 Å². The van der Waals surface area contributed by atoms with Crippen LogP contribution < -0.4 is 21.3 Å².